The van der Waals surface area contributed by atoms with Crippen LogP contribution in [-0.2, 0) is 37.2 Å². The molecule has 0 aliphatic carbocycles. The maximum Gasteiger partial charge on any atom is 0.475 e. The molecule has 1 aromatic rings. The number of phosphoric ester groups is 1. The Morgan fingerprint density at radius 1 is 1.47 bits per heavy atom. The number of carbonyl (C=O) groups is 2. The standard InChI is InChI=1S/C19H28N3O10PS/c1-5-28-15(23)18(2,3)16(24)34-9-8-29-33(27)30-10-11-13(32-33)19(4,26)14(31-11)22-7-6-12(20)21-17(22)25/h6-7,11,13-14,26H,5,8-10H2,1-4H3,(H2,20,21,25). The van der Waals surface area contributed by atoms with Crippen molar-refractivity contribution in [2.24, 2.45) is 5.41 Å². The smallest absolute Gasteiger partial charge is 0.465 e. The van der Waals surface area contributed by atoms with Crippen molar-refractivity contribution in [2.45, 2.75) is 51.7 Å². The summed E-state index contributed by atoms with van der Waals surface area (Å²) < 4.78 is 40.6. The SMILES string of the molecule is CCOC(=O)C(C)(C)C(=O)SCCOP1(=O)OCC2OC(n3ccc(N)nc3=O)C(C)(O)C2O1. The lowest BCUT2D eigenvalue weighted by Gasteiger charge is -2.35. The highest BCUT2D eigenvalue weighted by Gasteiger charge is 2.60. The summed E-state index contributed by atoms with van der Waals surface area (Å²) in [6.07, 6.45) is -1.85. The number of nitrogens with zero attached hydrogens (tertiary/aromatic N) is 2. The molecule has 3 rings (SSSR count). The number of fused-ring (bicyclic) bond motifs is 1. The largest absolute Gasteiger partial charge is 0.475 e. The van der Waals surface area contributed by atoms with Crippen molar-refractivity contribution in [3.05, 3.63) is 22.7 Å². The summed E-state index contributed by atoms with van der Waals surface area (Å²) in [5.41, 5.74) is 1.63. The fraction of sp³-hybridized carbons (Fsp3) is 0.684. The molecule has 1 aromatic heterocycles. The van der Waals surface area contributed by atoms with Crippen molar-refractivity contribution in [3.63, 3.8) is 0 Å². The number of hydrogen-bond donors (Lipinski definition) is 2. The average Bonchev–Trinajstić information content (AvgIpc) is 3.01. The maximum atomic E-state index is 13.0. The minimum absolute atomic E-state index is 0.00999. The van der Waals surface area contributed by atoms with Crippen LogP contribution >= 0.6 is 19.6 Å². The number of nitrogen functional groups attached to an aromatic ring is 1. The number of aliphatic hydroxyl groups is 1. The summed E-state index contributed by atoms with van der Waals surface area (Å²) in [5.74, 6) is -0.565. The van der Waals surface area contributed by atoms with Gasteiger partial charge in [0.05, 0.1) is 19.8 Å². The Kier molecular flexibility index (Phi) is 7.92. The predicted octanol–water partition coefficient (Wildman–Crippen LogP) is 0.863. The lowest BCUT2D eigenvalue weighted by Crippen LogP contribution is -2.49. The van der Waals surface area contributed by atoms with Gasteiger partial charge in [0.2, 0.25) is 5.12 Å². The van der Waals surface area contributed by atoms with E-state index >= 15 is 0 Å². The Morgan fingerprint density at radius 3 is 2.82 bits per heavy atom. The van der Waals surface area contributed by atoms with Gasteiger partial charge < -0.3 is 20.3 Å². The van der Waals surface area contributed by atoms with Gasteiger partial charge >= 0.3 is 19.5 Å². The van der Waals surface area contributed by atoms with Crippen LogP contribution in [0.4, 0.5) is 5.82 Å². The van der Waals surface area contributed by atoms with Gasteiger partial charge in [-0.1, -0.05) is 11.8 Å². The molecule has 3 N–H and O–H groups in total. The minimum atomic E-state index is -4.11. The molecule has 0 aromatic carbocycles. The molecule has 15 heteroatoms. The summed E-state index contributed by atoms with van der Waals surface area (Å²) in [7, 11) is -4.11. The van der Waals surface area contributed by atoms with E-state index in [0.29, 0.717) is 0 Å². The van der Waals surface area contributed by atoms with Gasteiger partial charge in [0.1, 0.15) is 29.0 Å². The number of nitrogens with two attached hydrogens (primary N) is 1. The molecule has 0 spiro atoms. The van der Waals surface area contributed by atoms with Gasteiger partial charge in [0.25, 0.3) is 0 Å². The van der Waals surface area contributed by atoms with Gasteiger partial charge in [-0.15, -0.1) is 0 Å². The normalized spacial score (nSPS) is 31.1. The quantitative estimate of drug-likeness (QED) is 0.213. The van der Waals surface area contributed by atoms with Crippen LogP contribution in [0.15, 0.2) is 17.1 Å². The van der Waals surface area contributed by atoms with E-state index < -0.39 is 54.0 Å². The maximum absolute atomic E-state index is 13.0. The first-order chi connectivity index (χ1) is 15.8. The Morgan fingerprint density at radius 2 is 2.18 bits per heavy atom. The Hall–Kier alpha value is -1.80. The van der Waals surface area contributed by atoms with Crippen LogP contribution in [0.5, 0.6) is 0 Å². The van der Waals surface area contributed by atoms with Crippen molar-refractivity contribution in [1.29, 1.82) is 0 Å². The molecule has 2 aliphatic rings. The first-order valence-electron chi connectivity index (χ1n) is 10.5. The van der Waals surface area contributed by atoms with E-state index in [1.807, 2.05) is 0 Å². The number of esters is 1. The Labute approximate surface area is 199 Å². The highest BCUT2D eigenvalue weighted by atomic mass is 32.2. The topological polar surface area (TPSA) is 178 Å². The molecule has 5 unspecified atom stereocenters. The predicted molar refractivity (Wildman–Crippen MR) is 120 cm³/mol. The van der Waals surface area contributed by atoms with Crippen molar-refractivity contribution < 1.29 is 42.3 Å². The molecule has 34 heavy (non-hydrogen) atoms. The third kappa shape index (κ3) is 5.38. The van der Waals surface area contributed by atoms with E-state index in [2.05, 4.69) is 4.98 Å². The number of thioether (sulfide) groups is 1. The molecule has 3 heterocycles. The van der Waals surface area contributed by atoms with Gasteiger partial charge in [-0.2, -0.15) is 4.98 Å². The second-order valence-corrected chi connectivity index (χ2v) is 11.1. The Bertz CT molecular complexity index is 1050. The van der Waals surface area contributed by atoms with Gasteiger partial charge in [0, 0.05) is 11.9 Å². The Balaban J connectivity index is 1.59. The van der Waals surface area contributed by atoms with Crippen LogP contribution in [-0.4, -0.2) is 69.1 Å². The van der Waals surface area contributed by atoms with E-state index in [9.17, 15) is 24.1 Å². The lowest BCUT2D eigenvalue weighted by molar-refractivity contribution is -0.155. The van der Waals surface area contributed by atoms with Crippen LogP contribution in [0.3, 0.4) is 0 Å². The monoisotopic (exact) mass is 521 g/mol. The van der Waals surface area contributed by atoms with Gasteiger partial charge in [-0.05, 0) is 33.8 Å². The molecule has 190 valence electrons. The van der Waals surface area contributed by atoms with Crippen molar-refractivity contribution >= 4 is 36.5 Å². The number of rotatable bonds is 8. The van der Waals surface area contributed by atoms with E-state index in [1.54, 1.807) is 6.92 Å². The van der Waals surface area contributed by atoms with E-state index in [1.165, 1.54) is 33.0 Å². The van der Waals surface area contributed by atoms with Gasteiger partial charge in [-0.25, -0.2) is 9.36 Å². The summed E-state index contributed by atoms with van der Waals surface area (Å²) in [6, 6.07) is 1.37. The van der Waals surface area contributed by atoms with Crippen LogP contribution in [0.1, 0.15) is 33.9 Å². The molecule has 2 saturated heterocycles. The highest BCUT2D eigenvalue weighted by Crippen LogP contribution is 2.58. The first-order valence-corrected chi connectivity index (χ1v) is 12.9. The van der Waals surface area contributed by atoms with Crippen LogP contribution in [0, 0.1) is 5.41 Å². The highest BCUT2D eigenvalue weighted by molar-refractivity contribution is 8.13. The van der Waals surface area contributed by atoms with Crippen molar-refractivity contribution in [2.75, 3.05) is 31.3 Å². The number of aromatic nitrogens is 2. The second kappa shape index (κ2) is 10.1. The third-order valence-corrected chi connectivity index (χ3v) is 7.92. The van der Waals surface area contributed by atoms with E-state index in [4.69, 9.17) is 28.8 Å². The van der Waals surface area contributed by atoms with Crippen LogP contribution in [0.2, 0.25) is 0 Å². The molecule has 0 saturated carbocycles. The average molecular weight is 521 g/mol. The van der Waals surface area contributed by atoms with Gasteiger partial charge in [-0.3, -0.25) is 27.7 Å². The zero-order valence-electron chi connectivity index (χ0n) is 19.2. The number of phosphoric acid groups is 1. The van der Waals surface area contributed by atoms with Crippen LogP contribution < -0.4 is 11.4 Å². The summed E-state index contributed by atoms with van der Waals surface area (Å²) in [4.78, 5) is 40.1. The molecular weight excluding hydrogens is 493 g/mol. The minimum Gasteiger partial charge on any atom is -0.465 e. The van der Waals surface area contributed by atoms with E-state index in [0.717, 1.165) is 16.3 Å². The third-order valence-electron chi connectivity index (χ3n) is 5.32. The first kappa shape index (κ1) is 26.8. The summed E-state index contributed by atoms with van der Waals surface area (Å²) in [5, 5.41) is 10.6. The molecule has 0 radical (unpaired) electrons. The summed E-state index contributed by atoms with van der Waals surface area (Å²) >= 11 is 0.818. The molecule has 2 fully saturated rings. The fourth-order valence-corrected chi connectivity index (χ4v) is 5.79. The zero-order valence-corrected chi connectivity index (χ0v) is 20.9. The fourth-order valence-electron chi connectivity index (χ4n) is 3.40. The molecule has 2 aliphatic heterocycles. The van der Waals surface area contributed by atoms with Gasteiger partial charge in [0.15, 0.2) is 6.23 Å². The lowest BCUT2D eigenvalue weighted by atomic mass is 9.96. The van der Waals surface area contributed by atoms with Crippen molar-refractivity contribution in [1.82, 2.24) is 9.55 Å². The second-order valence-electron chi connectivity index (χ2n) is 8.38. The summed E-state index contributed by atoms with van der Waals surface area (Å²) in [6.45, 7) is 5.65. The van der Waals surface area contributed by atoms with Crippen LogP contribution in [0.25, 0.3) is 0 Å². The molecule has 0 amide bonds. The molecule has 5 atom stereocenters. The molecule has 13 nitrogen and oxygen atoms in total. The number of hydrogen-bond acceptors (Lipinski definition) is 13. The zero-order chi connectivity index (χ0) is 25.3. The number of carbonyl (C=O) groups excluding carboxylic acids is 2. The molecule has 0 bridgehead atoms. The van der Waals surface area contributed by atoms with E-state index in [-0.39, 0.29) is 31.4 Å². The van der Waals surface area contributed by atoms with Crippen molar-refractivity contribution in [3.8, 4) is 0 Å². The molecular formula is C19H28N3O10PS. The number of anilines is 1. The number of ether oxygens (including phenoxy) is 2.